The van der Waals surface area contributed by atoms with Crippen molar-refractivity contribution in [3.8, 4) is 0 Å². The highest BCUT2D eigenvalue weighted by Gasteiger charge is 2.07. The molecule has 0 radical (unpaired) electrons. The van der Waals surface area contributed by atoms with Crippen molar-refractivity contribution in [1.29, 1.82) is 0 Å². The molecular formula is C22H41NO7. The smallest absolute Gasteiger partial charge is 0.245 e. The Kier molecular flexibility index (Phi) is 20.0. The van der Waals surface area contributed by atoms with Gasteiger partial charge in [-0.2, -0.15) is 0 Å². The van der Waals surface area contributed by atoms with Crippen LogP contribution in [0.4, 0.5) is 0 Å². The van der Waals surface area contributed by atoms with Crippen molar-refractivity contribution in [2.45, 2.75) is 59.3 Å². The van der Waals surface area contributed by atoms with Crippen LogP contribution in [-0.2, 0) is 33.3 Å². The number of ketones is 2. The Hall–Kier alpha value is -1.35. The summed E-state index contributed by atoms with van der Waals surface area (Å²) in [5.74, 6) is 0.197. The van der Waals surface area contributed by atoms with Gasteiger partial charge in [0.15, 0.2) is 5.78 Å². The highest BCUT2D eigenvalue weighted by Crippen LogP contribution is 2.07. The van der Waals surface area contributed by atoms with Crippen LogP contribution in [0.1, 0.15) is 59.3 Å². The van der Waals surface area contributed by atoms with E-state index in [0.717, 1.165) is 25.7 Å². The molecule has 8 nitrogen and oxygen atoms in total. The summed E-state index contributed by atoms with van der Waals surface area (Å²) >= 11 is 0. The van der Waals surface area contributed by atoms with E-state index in [9.17, 15) is 14.4 Å². The summed E-state index contributed by atoms with van der Waals surface area (Å²) in [6.07, 6.45) is 4.65. The third-order valence-corrected chi connectivity index (χ3v) is 4.41. The molecule has 0 aliphatic carbocycles. The molecule has 0 aromatic heterocycles. The second-order valence-corrected chi connectivity index (χ2v) is 7.33. The molecule has 0 saturated heterocycles. The number of carbonyl (C=O) groups is 3. The third kappa shape index (κ3) is 19.9. The molecule has 8 heteroatoms. The number of hydrogen-bond donors (Lipinski definition) is 1. The minimum atomic E-state index is -0.152. The lowest BCUT2D eigenvalue weighted by Crippen LogP contribution is -2.29. The largest absolute Gasteiger partial charge is 0.379 e. The summed E-state index contributed by atoms with van der Waals surface area (Å²) in [6, 6.07) is 0. The minimum Gasteiger partial charge on any atom is -0.379 e. The fraction of sp³-hybridized carbons (Fsp3) is 0.864. The van der Waals surface area contributed by atoms with Crippen molar-refractivity contribution in [2.75, 3.05) is 59.4 Å². The summed E-state index contributed by atoms with van der Waals surface area (Å²) in [7, 11) is 0. The van der Waals surface area contributed by atoms with Crippen molar-refractivity contribution in [2.24, 2.45) is 5.92 Å². The number of nitrogens with one attached hydrogen (secondary N) is 1. The van der Waals surface area contributed by atoms with E-state index < -0.39 is 0 Å². The first-order valence-corrected chi connectivity index (χ1v) is 11.1. The van der Waals surface area contributed by atoms with Gasteiger partial charge in [-0.15, -0.1) is 0 Å². The van der Waals surface area contributed by atoms with Gasteiger partial charge < -0.3 is 24.3 Å². The topological polar surface area (TPSA) is 100 Å². The summed E-state index contributed by atoms with van der Waals surface area (Å²) in [5.41, 5.74) is 0. The van der Waals surface area contributed by atoms with Gasteiger partial charge in [0.05, 0.1) is 26.4 Å². The van der Waals surface area contributed by atoms with Crippen LogP contribution in [0.2, 0.25) is 0 Å². The van der Waals surface area contributed by atoms with Crippen molar-refractivity contribution >= 4 is 17.5 Å². The first-order chi connectivity index (χ1) is 14.5. The molecule has 0 bridgehead atoms. The van der Waals surface area contributed by atoms with Crippen molar-refractivity contribution < 1.29 is 33.3 Å². The Bertz CT molecular complexity index is 457. The quantitative estimate of drug-likeness (QED) is 0.263. The average molecular weight is 432 g/mol. The van der Waals surface area contributed by atoms with Crippen molar-refractivity contribution in [3.05, 3.63) is 0 Å². The van der Waals surface area contributed by atoms with Crippen LogP contribution in [-0.4, -0.2) is 76.9 Å². The van der Waals surface area contributed by atoms with Gasteiger partial charge in [-0.1, -0.05) is 20.3 Å². The molecule has 1 N–H and O–H groups in total. The van der Waals surface area contributed by atoms with E-state index >= 15 is 0 Å². The minimum absolute atomic E-state index is 0.00496. The summed E-state index contributed by atoms with van der Waals surface area (Å²) in [5, 5.41) is 2.79. The van der Waals surface area contributed by atoms with Crippen LogP contribution >= 0.6 is 0 Å². The maximum Gasteiger partial charge on any atom is 0.245 e. The average Bonchev–Trinajstić information content (AvgIpc) is 2.71. The van der Waals surface area contributed by atoms with Gasteiger partial charge in [-0.3, -0.25) is 14.4 Å². The molecule has 0 aromatic rings. The maximum absolute atomic E-state index is 11.6. The fourth-order valence-corrected chi connectivity index (χ4v) is 2.44. The van der Waals surface area contributed by atoms with Gasteiger partial charge in [0.1, 0.15) is 19.0 Å². The number of ether oxygens (including phenoxy) is 4. The second-order valence-electron chi connectivity index (χ2n) is 7.33. The molecule has 0 aromatic carbocycles. The highest BCUT2D eigenvalue weighted by molar-refractivity contribution is 5.79. The summed E-state index contributed by atoms with van der Waals surface area (Å²) in [6.45, 7) is 9.14. The first-order valence-electron chi connectivity index (χ1n) is 11.1. The maximum atomic E-state index is 11.6. The SMILES string of the molecule is CCCOCCOCC(=O)CCCOCCOCC(=O)NCCCC[C@H](C)C(C)=O. The number of carbonyl (C=O) groups excluding carboxylic acids is 3. The normalized spacial score (nSPS) is 12.0. The Balaban J connectivity index is 3.33. The van der Waals surface area contributed by atoms with Crippen LogP contribution in [0, 0.1) is 5.92 Å². The van der Waals surface area contributed by atoms with Crippen LogP contribution < -0.4 is 5.32 Å². The lowest BCUT2D eigenvalue weighted by atomic mass is 10.0. The van der Waals surface area contributed by atoms with Crippen molar-refractivity contribution in [3.63, 3.8) is 0 Å². The predicted octanol–water partition coefficient (Wildman–Crippen LogP) is 2.32. The van der Waals surface area contributed by atoms with E-state index in [0.29, 0.717) is 59.0 Å². The highest BCUT2D eigenvalue weighted by atomic mass is 16.5. The number of hydrogen-bond acceptors (Lipinski definition) is 7. The van der Waals surface area contributed by atoms with Crippen LogP contribution in [0.25, 0.3) is 0 Å². The number of unbranched alkanes of at least 4 members (excludes halogenated alkanes) is 1. The number of amides is 1. The van der Waals surface area contributed by atoms with Crippen molar-refractivity contribution in [1.82, 2.24) is 5.32 Å². The summed E-state index contributed by atoms with van der Waals surface area (Å²) in [4.78, 5) is 34.4. The molecular weight excluding hydrogens is 390 g/mol. The first kappa shape index (κ1) is 28.6. The standard InChI is InChI=1S/C22H41NO7/c1-4-11-27-13-15-29-17-21(25)9-7-12-28-14-16-30-18-22(26)23-10-6-5-8-19(2)20(3)24/h19H,4-18H2,1-3H3,(H,23,26)/t19-/m0/s1. The number of rotatable bonds is 22. The van der Waals surface area contributed by atoms with E-state index in [-0.39, 0.29) is 36.6 Å². The monoisotopic (exact) mass is 431 g/mol. The van der Waals surface area contributed by atoms with Crippen LogP contribution in [0.15, 0.2) is 0 Å². The third-order valence-electron chi connectivity index (χ3n) is 4.41. The summed E-state index contributed by atoms with van der Waals surface area (Å²) < 4.78 is 21.2. The molecule has 176 valence electrons. The van der Waals surface area contributed by atoms with Gasteiger partial charge in [0, 0.05) is 32.1 Å². The van der Waals surface area contributed by atoms with E-state index in [1.165, 1.54) is 0 Å². The molecule has 1 atom stereocenters. The zero-order valence-electron chi connectivity index (χ0n) is 19.0. The van der Waals surface area contributed by atoms with Gasteiger partial charge >= 0.3 is 0 Å². The molecule has 0 spiro atoms. The van der Waals surface area contributed by atoms with E-state index in [4.69, 9.17) is 18.9 Å². The van der Waals surface area contributed by atoms with E-state index in [1.807, 2.05) is 13.8 Å². The fourth-order valence-electron chi connectivity index (χ4n) is 2.44. The van der Waals surface area contributed by atoms with E-state index in [2.05, 4.69) is 5.32 Å². The van der Waals surface area contributed by atoms with Gasteiger partial charge in [-0.05, 0) is 32.6 Å². The van der Waals surface area contributed by atoms with E-state index in [1.54, 1.807) is 6.92 Å². The molecule has 0 aliphatic rings. The molecule has 30 heavy (non-hydrogen) atoms. The van der Waals surface area contributed by atoms with Crippen LogP contribution in [0.5, 0.6) is 0 Å². The molecule has 0 rings (SSSR count). The molecule has 0 fully saturated rings. The molecule has 0 aliphatic heterocycles. The lowest BCUT2D eigenvalue weighted by molar-refractivity contribution is -0.126. The molecule has 0 heterocycles. The Morgan fingerprint density at radius 1 is 0.800 bits per heavy atom. The van der Waals surface area contributed by atoms with Gasteiger partial charge in [0.2, 0.25) is 5.91 Å². The van der Waals surface area contributed by atoms with Crippen LogP contribution in [0.3, 0.4) is 0 Å². The predicted molar refractivity (Wildman–Crippen MR) is 115 cm³/mol. The zero-order valence-corrected chi connectivity index (χ0v) is 19.0. The molecule has 1 amide bonds. The van der Waals surface area contributed by atoms with Gasteiger partial charge in [-0.25, -0.2) is 0 Å². The Morgan fingerprint density at radius 2 is 1.43 bits per heavy atom. The molecule has 0 saturated carbocycles. The Labute approximate surface area is 181 Å². The zero-order chi connectivity index (χ0) is 22.5. The lowest BCUT2D eigenvalue weighted by Gasteiger charge is -2.09. The second kappa shape index (κ2) is 20.9. The van der Waals surface area contributed by atoms with Gasteiger partial charge in [0.25, 0.3) is 0 Å². The Morgan fingerprint density at radius 3 is 2.10 bits per heavy atom. The molecule has 0 unspecified atom stereocenters. The number of Topliss-reactive ketones (excluding diaryl/α,β-unsaturated/α-hetero) is 2.